The van der Waals surface area contributed by atoms with Crippen LogP contribution in [0.2, 0.25) is 0 Å². The van der Waals surface area contributed by atoms with E-state index in [2.05, 4.69) is 27.8 Å². The Labute approximate surface area is 137 Å². The van der Waals surface area contributed by atoms with Crippen LogP contribution in [0, 0.1) is 0 Å². The normalized spacial score (nSPS) is 18.2. The third-order valence-electron chi connectivity index (χ3n) is 3.47. The molecule has 0 spiro atoms. The molecule has 7 heteroatoms. The predicted molar refractivity (Wildman–Crippen MR) is 90.5 cm³/mol. The summed E-state index contributed by atoms with van der Waals surface area (Å²) in [4.78, 5) is 25.1. The maximum atomic E-state index is 12.0. The van der Waals surface area contributed by atoms with Gasteiger partial charge in [-0.05, 0) is 31.2 Å². The fraction of sp³-hybridized carbons (Fsp3) is 0.467. The Morgan fingerprint density at radius 2 is 1.82 bits per heavy atom. The van der Waals surface area contributed by atoms with E-state index in [0.29, 0.717) is 12.6 Å². The van der Waals surface area contributed by atoms with Crippen LogP contribution in [0.4, 0.5) is 11.4 Å². The van der Waals surface area contributed by atoms with E-state index in [4.69, 9.17) is 0 Å². The molecule has 6 nitrogen and oxygen atoms in total. The summed E-state index contributed by atoms with van der Waals surface area (Å²) in [5.41, 5.74) is 1.45. The minimum absolute atomic E-state index is 0. The average molecular weight is 327 g/mol. The predicted octanol–water partition coefficient (Wildman–Crippen LogP) is 1.30. The molecule has 0 aromatic heterocycles. The second-order valence-electron chi connectivity index (χ2n) is 5.33. The van der Waals surface area contributed by atoms with Crippen LogP contribution in [0.25, 0.3) is 0 Å². The Bertz CT molecular complexity index is 507. The van der Waals surface area contributed by atoms with Crippen LogP contribution in [0.15, 0.2) is 24.3 Å². The van der Waals surface area contributed by atoms with Crippen molar-refractivity contribution in [2.24, 2.45) is 0 Å². The minimum Gasteiger partial charge on any atom is -0.326 e. The van der Waals surface area contributed by atoms with Crippen molar-refractivity contribution in [1.82, 2.24) is 10.2 Å². The van der Waals surface area contributed by atoms with E-state index in [-0.39, 0.29) is 24.2 Å². The highest BCUT2D eigenvalue weighted by molar-refractivity contribution is 5.93. The fourth-order valence-electron chi connectivity index (χ4n) is 2.34. The van der Waals surface area contributed by atoms with Crippen LogP contribution >= 0.6 is 12.4 Å². The lowest BCUT2D eigenvalue weighted by atomic mass is 10.2. The maximum absolute atomic E-state index is 12.0. The third kappa shape index (κ3) is 5.63. The zero-order valence-electron chi connectivity index (χ0n) is 12.9. The first-order valence-corrected chi connectivity index (χ1v) is 7.17. The van der Waals surface area contributed by atoms with E-state index in [9.17, 15) is 9.59 Å². The number of anilines is 2. The van der Waals surface area contributed by atoms with Crippen molar-refractivity contribution in [3.63, 3.8) is 0 Å². The van der Waals surface area contributed by atoms with E-state index < -0.39 is 0 Å². The molecule has 3 N–H and O–H groups in total. The number of hydrogen-bond donors (Lipinski definition) is 3. The van der Waals surface area contributed by atoms with Gasteiger partial charge in [-0.1, -0.05) is 0 Å². The zero-order chi connectivity index (χ0) is 15.2. The first-order valence-electron chi connectivity index (χ1n) is 7.17. The van der Waals surface area contributed by atoms with Gasteiger partial charge in [-0.2, -0.15) is 0 Å². The Hall–Kier alpha value is -1.63. The Morgan fingerprint density at radius 1 is 1.23 bits per heavy atom. The lowest BCUT2D eigenvalue weighted by Crippen LogP contribution is -2.51. The Kier molecular flexibility index (Phi) is 7.31. The Balaban J connectivity index is 0.00000242. The third-order valence-corrected chi connectivity index (χ3v) is 3.47. The van der Waals surface area contributed by atoms with E-state index in [1.54, 1.807) is 24.3 Å². The second kappa shape index (κ2) is 8.73. The number of nitrogens with one attached hydrogen (secondary N) is 3. The van der Waals surface area contributed by atoms with Gasteiger partial charge in [0.05, 0.1) is 6.54 Å². The van der Waals surface area contributed by atoms with Crippen LogP contribution in [0.5, 0.6) is 0 Å². The highest BCUT2D eigenvalue weighted by Gasteiger charge is 2.20. The quantitative estimate of drug-likeness (QED) is 0.780. The molecule has 1 heterocycles. The summed E-state index contributed by atoms with van der Waals surface area (Å²) in [6.07, 6.45) is 0. The first-order chi connectivity index (χ1) is 10.0. The maximum Gasteiger partial charge on any atom is 0.238 e. The topological polar surface area (TPSA) is 73.5 Å². The van der Waals surface area contributed by atoms with Crippen molar-refractivity contribution in [3.05, 3.63) is 24.3 Å². The number of piperazine rings is 1. The monoisotopic (exact) mass is 326 g/mol. The van der Waals surface area contributed by atoms with Crippen LogP contribution in [-0.4, -0.2) is 48.9 Å². The molecular formula is C15H23ClN4O2. The molecule has 1 atom stereocenters. The molecule has 1 fully saturated rings. The summed E-state index contributed by atoms with van der Waals surface area (Å²) in [5.74, 6) is -0.129. The van der Waals surface area contributed by atoms with Crippen molar-refractivity contribution in [2.45, 2.75) is 19.9 Å². The van der Waals surface area contributed by atoms with Gasteiger partial charge in [0.1, 0.15) is 0 Å². The molecule has 1 aromatic rings. The number of carbonyl (C=O) groups excluding carboxylic acids is 2. The standard InChI is InChI=1S/C15H22N4O2.ClH/c1-11-9-16-7-8-19(11)10-15(21)18-14-5-3-13(4-6-14)17-12(2)20;/h3-6,11,16H,7-10H2,1-2H3,(H,17,20)(H,18,21);1H/t11-;/m0./s1. The molecule has 0 radical (unpaired) electrons. The number of halogens is 1. The molecule has 0 aliphatic carbocycles. The van der Waals surface area contributed by atoms with Gasteiger partial charge in [0.25, 0.3) is 0 Å². The molecule has 0 saturated carbocycles. The summed E-state index contributed by atoms with van der Waals surface area (Å²) >= 11 is 0. The van der Waals surface area contributed by atoms with Gasteiger partial charge in [-0.15, -0.1) is 12.4 Å². The molecule has 2 rings (SSSR count). The first kappa shape index (κ1) is 18.4. The Morgan fingerprint density at radius 3 is 2.36 bits per heavy atom. The molecule has 0 bridgehead atoms. The van der Waals surface area contributed by atoms with Gasteiger partial charge in [-0.25, -0.2) is 0 Å². The number of hydrogen-bond acceptors (Lipinski definition) is 4. The van der Waals surface area contributed by atoms with Gasteiger partial charge in [0.2, 0.25) is 11.8 Å². The summed E-state index contributed by atoms with van der Waals surface area (Å²) in [6, 6.07) is 7.47. The van der Waals surface area contributed by atoms with Gasteiger partial charge in [0, 0.05) is 44.0 Å². The molecule has 122 valence electrons. The number of benzene rings is 1. The molecule has 1 aliphatic rings. The fourth-order valence-corrected chi connectivity index (χ4v) is 2.34. The molecule has 1 aromatic carbocycles. The highest BCUT2D eigenvalue weighted by Crippen LogP contribution is 2.13. The molecule has 1 saturated heterocycles. The smallest absolute Gasteiger partial charge is 0.238 e. The van der Waals surface area contributed by atoms with Gasteiger partial charge in [-0.3, -0.25) is 14.5 Å². The second-order valence-corrected chi connectivity index (χ2v) is 5.33. The van der Waals surface area contributed by atoms with Gasteiger partial charge in [0.15, 0.2) is 0 Å². The molecule has 0 unspecified atom stereocenters. The lowest BCUT2D eigenvalue weighted by molar-refractivity contribution is -0.118. The van der Waals surface area contributed by atoms with Crippen LogP contribution in [0.1, 0.15) is 13.8 Å². The van der Waals surface area contributed by atoms with Crippen LogP contribution in [-0.2, 0) is 9.59 Å². The summed E-state index contributed by atoms with van der Waals surface area (Å²) < 4.78 is 0. The van der Waals surface area contributed by atoms with Crippen LogP contribution < -0.4 is 16.0 Å². The molecule has 22 heavy (non-hydrogen) atoms. The number of amides is 2. The molecule has 2 amide bonds. The van der Waals surface area contributed by atoms with Crippen molar-refractivity contribution < 1.29 is 9.59 Å². The van der Waals surface area contributed by atoms with E-state index in [1.165, 1.54) is 6.92 Å². The van der Waals surface area contributed by atoms with Crippen molar-refractivity contribution in [2.75, 3.05) is 36.8 Å². The van der Waals surface area contributed by atoms with E-state index in [0.717, 1.165) is 31.0 Å². The summed E-state index contributed by atoms with van der Waals surface area (Å²) in [7, 11) is 0. The highest BCUT2D eigenvalue weighted by atomic mass is 35.5. The lowest BCUT2D eigenvalue weighted by Gasteiger charge is -2.33. The van der Waals surface area contributed by atoms with E-state index >= 15 is 0 Å². The van der Waals surface area contributed by atoms with Gasteiger partial charge >= 0.3 is 0 Å². The minimum atomic E-state index is -0.112. The number of nitrogens with zero attached hydrogens (tertiary/aromatic N) is 1. The SMILES string of the molecule is CC(=O)Nc1ccc(NC(=O)CN2CCNC[C@@H]2C)cc1.Cl. The van der Waals surface area contributed by atoms with Gasteiger partial charge < -0.3 is 16.0 Å². The largest absolute Gasteiger partial charge is 0.326 e. The zero-order valence-corrected chi connectivity index (χ0v) is 13.7. The van der Waals surface area contributed by atoms with Crippen molar-refractivity contribution >= 4 is 35.6 Å². The molecule has 1 aliphatic heterocycles. The average Bonchev–Trinajstić information content (AvgIpc) is 2.43. The van der Waals surface area contributed by atoms with Crippen molar-refractivity contribution in [1.29, 1.82) is 0 Å². The van der Waals surface area contributed by atoms with E-state index in [1.807, 2.05) is 0 Å². The van der Waals surface area contributed by atoms with Crippen molar-refractivity contribution in [3.8, 4) is 0 Å². The number of rotatable bonds is 4. The molecular weight excluding hydrogens is 304 g/mol. The number of carbonyl (C=O) groups is 2. The summed E-state index contributed by atoms with van der Waals surface area (Å²) in [5, 5.41) is 8.87. The summed E-state index contributed by atoms with van der Waals surface area (Å²) in [6.45, 7) is 6.69. The van der Waals surface area contributed by atoms with Crippen LogP contribution in [0.3, 0.4) is 0 Å².